The number of rotatable bonds is 4. The first kappa shape index (κ1) is 17.8. The van der Waals surface area contributed by atoms with Crippen molar-refractivity contribution in [2.75, 3.05) is 18.5 Å². The molecule has 1 aliphatic rings. The molecule has 1 aliphatic heterocycles. The maximum absolute atomic E-state index is 12.7. The zero-order valence-electron chi connectivity index (χ0n) is 11.8. The van der Waals surface area contributed by atoms with Gasteiger partial charge in [0.05, 0.1) is 35.0 Å². The Morgan fingerprint density at radius 1 is 1.33 bits per heavy atom. The summed E-state index contributed by atoms with van der Waals surface area (Å²) in [6.45, 7) is -0.672. The molecule has 2 rings (SSSR count). The summed E-state index contributed by atoms with van der Waals surface area (Å²) in [5, 5.41) is 19.8. The van der Waals surface area contributed by atoms with E-state index in [0.717, 1.165) is 11.0 Å². The first-order chi connectivity index (χ1) is 11.2. The molecule has 0 aromatic heterocycles. The Bertz CT molecular complexity index is 784. The molecular weight excluding hydrogens is 351 g/mol. The van der Waals surface area contributed by atoms with Crippen molar-refractivity contribution in [3.05, 3.63) is 40.1 Å². The number of aliphatic hydroxyl groups excluding tert-OH is 1. The van der Waals surface area contributed by atoms with Crippen LogP contribution in [0.5, 0.6) is 0 Å². The number of carbonyl (C=O) groups is 2. The van der Waals surface area contributed by atoms with Crippen LogP contribution in [-0.2, 0) is 15.8 Å². The number of alkyl halides is 3. The van der Waals surface area contributed by atoms with E-state index in [9.17, 15) is 22.8 Å². The number of β-amino-alcohol motifs (C(OH)–C–C–N with tert-alkyl or cyclic N) is 1. The number of hydrogen-bond acceptors (Lipinski definition) is 5. The second kappa shape index (κ2) is 6.51. The molecule has 2 N–H and O–H groups in total. The van der Waals surface area contributed by atoms with Crippen molar-refractivity contribution in [2.45, 2.75) is 6.18 Å². The summed E-state index contributed by atoms with van der Waals surface area (Å²) in [5.74, 6) is -1.48. The fraction of sp³-hybridized carbons (Fsp3) is 0.214. The van der Waals surface area contributed by atoms with Gasteiger partial charge >= 0.3 is 6.18 Å². The molecule has 10 heteroatoms. The molecule has 0 atom stereocenters. The van der Waals surface area contributed by atoms with Gasteiger partial charge in [-0.1, -0.05) is 11.6 Å². The van der Waals surface area contributed by atoms with Crippen molar-refractivity contribution < 1.29 is 27.9 Å². The van der Waals surface area contributed by atoms with E-state index < -0.39 is 40.7 Å². The van der Waals surface area contributed by atoms with Crippen molar-refractivity contribution in [2.24, 2.45) is 0 Å². The molecular formula is C14H9ClF3N3O3. The SMILES string of the molecule is N#Cc1cc(C(F)(F)F)cc(Cl)c1NC1=CC(=O)N(CCO)C1=O. The summed E-state index contributed by atoms with van der Waals surface area (Å²) < 4.78 is 38.2. The molecule has 0 aliphatic carbocycles. The average Bonchev–Trinajstić information content (AvgIpc) is 2.76. The van der Waals surface area contributed by atoms with Gasteiger partial charge in [-0.25, -0.2) is 0 Å². The van der Waals surface area contributed by atoms with Gasteiger partial charge in [-0.05, 0) is 12.1 Å². The monoisotopic (exact) mass is 359 g/mol. The Kier molecular flexibility index (Phi) is 4.82. The predicted octanol–water partition coefficient (Wildman–Crippen LogP) is 1.89. The molecule has 0 unspecified atom stereocenters. The van der Waals surface area contributed by atoms with Gasteiger partial charge in [-0.3, -0.25) is 14.5 Å². The average molecular weight is 360 g/mol. The summed E-state index contributed by atoms with van der Waals surface area (Å²) in [4.78, 5) is 24.4. The van der Waals surface area contributed by atoms with E-state index in [1.54, 1.807) is 6.07 Å². The molecule has 0 bridgehead atoms. The van der Waals surface area contributed by atoms with Gasteiger partial charge in [0.2, 0.25) is 0 Å². The molecule has 126 valence electrons. The van der Waals surface area contributed by atoms with Crippen molar-refractivity contribution in [1.82, 2.24) is 4.90 Å². The minimum Gasteiger partial charge on any atom is -0.395 e. The molecule has 2 amide bonds. The number of benzene rings is 1. The van der Waals surface area contributed by atoms with E-state index in [4.69, 9.17) is 22.0 Å². The maximum Gasteiger partial charge on any atom is 0.416 e. The predicted molar refractivity (Wildman–Crippen MR) is 76.7 cm³/mol. The zero-order valence-corrected chi connectivity index (χ0v) is 12.6. The Morgan fingerprint density at radius 3 is 2.54 bits per heavy atom. The van der Waals surface area contributed by atoms with Crippen molar-refractivity contribution in [1.29, 1.82) is 5.26 Å². The molecule has 0 saturated carbocycles. The highest BCUT2D eigenvalue weighted by molar-refractivity contribution is 6.34. The number of anilines is 1. The van der Waals surface area contributed by atoms with Crippen LogP contribution in [0.3, 0.4) is 0 Å². The number of carbonyl (C=O) groups excluding carboxylic acids is 2. The molecule has 0 spiro atoms. The molecule has 1 aromatic rings. The van der Waals surface area contributed by atoms with Crippen LogP contribution in [0.1, 0.15) is 11.1 Å². The van der Waals surface area contributed by atoms with Crippen LogP contribution >= 0.6 is 11.6 Å². The number of imide groups is 1. The third kappa shape index (κ3) is 3.34. The van der Waals surface area contributed by atoms with E-state index in [0.29, 0.717) is 12.1 Å². The highest BCUT2D eigenvalue weighted by Crippen LogP contribution is 2.36. The Balaban J connectivity index is 2.38. The van der Waals surface area contributed by atoms with Gasteiger partial charge in [0.15, 0.2) is 0 Å². The van der Waals surface area contributed by atoms with Gasteiger partial charge in [-0.15, -0.1) is 0 Å². The first-order valence-electron chi connectivity index (χ1n) is 6.45. The number of aliphatic hydroxyl groups is 1. The van der Waals surface area contributed by atoms with Crippen molar-refractivity contribution in [3.8, 4) is 6.07 Å². The summed E-state index contributed by atoms with van der Waals surface area (Å²) in [7, 11) is 0. The van der Waals surface area contributed by atoms with Gasteiger partial charge in [-0.2, -0.15) is 18.4 Å². The Morgan fingerprint density at radius 2 is 2.00 bits per heavy atom. The van der Waals surface area contributed by atoms with Crippen LogP contribution in [-0.4, -0.2) is 35.0 Å². The van der Waals surface area contributed by atoms with E-state index in [2.05, 4.69) is 5.32 Å². The van der Waals surface area contributed by atoms with Gasteiger partial charge in [0.25, 0.3) is 11.8 Å². The second-order valence-electron chi connectivity index (χ2n) is 4.69. The van der Waals surface area contributed by atoms with Gasteiger partial charge in [0, 0.05) is 6.08 Å². The summed E-state index contributed by atoms with van der Waals surface area (Å²) in [6.07, 6.45) is -3.78. The zero-order chi connectivity index (χ0) is 18.1. The number of hydrogen-bond donors (Lipinski definition) is 2. The first-order valence-corrected chi connectivity index (χ1v) is 6.83. The van der Waals surface area contributed by atoms with Gasteiger partial charge < -0.3 is 10.4 Å². The van der Waals surface area contributed by atoms with Crippen molar-refractivity contribution in [3.63, 3.8) is 0 Å². The highest BCUT2D eigenvalue weighted by Gasteiger charge is 2.34. The van der Waals surface area contributed by atoms with Crippen LogP contribution in [0.4, 0.5) is 18.9 Å². The summed E-state index contributed by atoms with van der Waals surface area (Å²) in [5.41, 5.74) is -2.02. The lowest BCUT2D eigenvalue weighted by Gasteiger charge is -2.15. The lowest BCUT2D eigenvalue weighted by Crippen LogP contribution is -2.34. The topological polar surface area (TPSA) is 93.4 Å². The number of nitrogens with one attached hydrogen (secondary N) is 1. The van der Waals surface area contributed by atoms with Crippen LogP contribution in [0, 0.1) is 11.3 Å². The lowest BCUT2D eigenvalue weighted by molar-refractivity contribution is -0.138. The standard InChI is InChI=1S/C14H9ClF3N3O3/c15-9-4-8(14(16,17)18)3-7(6-19)12(9)20-10-5-11(23)21(1-2-22)13(10)24/h3-5,20,22H,1-2H2. The van der Waals surface area contributed by atoms with Gasteiger partial charge in [0.1, 0.15) is 11.8 Å². The largest absolute Gasteiger partial charge is 0.416 e. The molecule has 0 saturated heterocycles. The number of halogens is 4. The van der Waals surface area contributed by atoms with E-state index in [-0.39, 0.29) is 17.9 Å². The van der Waals surface area contributed by atoms with E-state index >= 15 is 0 Å². The fourth-order valence-electron chi connectivity index (χ4n) is 2.03. The quantitative estimate of drug-likeness (QED) is 0.801. The number of nitrogens with zero attached hydrogens (tertiary/aromatic N) is 2. The molecule has 0 radical (unpaired) electrons. The Labute approximate surface area is 138 Å². The molecule has 24 heavy (non-hydrogen) atoms. The maximum atomic E-state index is 12.7. The summed E-state index contributed by atoms with van der Waals surface area (Å²) >= 11 is 5.79. The normalized spacial score (nSPS) is 14.7. The van der Waals surface area contributed by atoms with E-state index in [1.807, 2.05) is 0 Å². The molecule has 1 aromatic carbocycles. The third-order valence-electron chi connectivity index (χ3n) is 3.13. The van der Waals surface area contributed by atoms with Crippen LogP contribution in [0.25, 0.3) is 0 Å². The van der Waals surface area contributed by atoms with Crippen molar-refractivity contribution >= 4 is 29.1 Å². The second-order valence-corrected chi connectivity index (χ2v) is 5.10. The number of nitriles is 1. The lowest BCUT2D eigenvalue weighted by atomic mass is 10.1. The molecule has 6 nitrogen and oxygen atoms in total. The van der Waals surface area contributed by atoms with Crippen LogP contribution in [0.15, 0.2) is 23.9 Å². The smallest absolute Gasteiger partial charge is 0.395 e. The molecule has 0 fully saturated rings. The third-order valence-corrected chi connectivity index (χ3v) is 3.43. The van der Waals surface area contributed by atoms with Crippen LogP contribution < -0.4 is 5.32 Å². The highest BCUT2D eigenvalue weighted by atomic mass is 35.5. The molecule has 1 heterocycles. The number of amides is 2. The fourth-order valence-corrected chi connectivity index (χ4v) is 2.30. The van der Waals surface area contributed by atoms with Crippen LogP contribution in [0.2, 0.25) is 5.02 Å². The Hall–Kier alpha value is -2.57. The van der Waals surface area contributed by atoms with E-state index in [1.165, 1.54) is 0 Å². The minimum atomic E-state index is -4.69. The minimum absolute atomic E-state index is 0.217. The summed E-state index contributed by atoms with van der Waals surface area (Å²) in [6, 6.07) is 2.76.